The van der Waals surface area contributed by atoms with Crippen LogP contribution in [0.5, 0.6) is 0 Å². The van der Waals surface area contributed by atoms with Crippen molar-refractivity contribution < 1.29 is 18.3 Å². The van der Waals surface area contributed by atoms with Crippen LogP contribution in [0, 0.1) is 0 Å². The van der Waals surface area contributed by atoms with E-state index in [1.54, 1.807) is 24.8 Å². The van der Waals surface area contributed by atoms with Gasteiger partial charge in [0.2, 0.25) is 0 Å². The van der Waals surface area contributed by atoms with Gasteiger partial charge >= 0.3 is 6.18 Å². The lowest BCUT2D eigenvalue weighted by Gasteiger charge is -2.30. The lowest BCUT2D eigenvalue weighted by atomic mass is 10.1. The normalized spacial score (nSPS) is 11.9. The fraction of sp³-hybridized carbons (Fsp3) is 0.500. The Hall–Kier alpha value is -1.23. The van der Waals surface area contributed by atoms with E-state index in [0.29, 0.717) is 0 Å². The first-order valence-corrected chi connectivity index (χ1v) is 5.41. The molecule has 0 fully saturated rings. The third kappa shape index (κ3) is 3.36. The van der Waals surface area contributed by atoms with Crippen LogP contribution < -0.4 is 4.90 Å². The van der Waals surface area contributed by atoms with E-state index in [2.05, 4.69) is 0 Å². The Labute approximate surface area is 98.7 Å². The molecule has 1 aromatic carbocycles. The highest BCUT2D eigenvalue weighted by atomic mass is 19.4. The maximum Gasteiger partial charge on any atom is 0.418 e. The molecule has 0 bridgehead atoms. The molecular formula is C12H16F3NO. The molecule has 0 amide bonds. The van der Waals surface area contributed by atoms with Crippen molar-refractivity contribution in [3.63, 3.8) is 0 Å². The van der Waals surface area contributed by atoms with Crippen LogP contribution in [-0.2, 0) is 6.18 Å². The Morgan fingerprint density at radius 2 is 1.82 bits per heavy atom. The minimum absolute atomic E-state index is 0.106. The summed E-state index contributed by atoms with van der Waals surface area (Å²) in [4.78, 5) is 1.54. The average Bonchev–Trinajstić information content (AvgIpc) is 2.24. The van der Waals surface area contributed by atoms with Gasteiger partial charge in [0.1, 0.15) is 0 Å². The quantitative estimate of drug-likeness (QED) is 0.884. The molecule has 5 heteroatoms. The molecule has 0 saturated carbocycles. The van der Waals surface area contributed by atoms with Gasteiger partial charge in [0, 0.05) is 18.3 Å². The Morgan fingerprint density at radius 1 is 1.24 bits per heavy atom. The third-order valence-corrected chi connectivity index (χ3v) is 2.48. The fourth-order valence-corrected chi connectivity index (χ4v) is 1.73. The number of halogens is 3. The molecule has 0 aliphatic rings. The van der Waals surface area contributed by atoms with Gasteiger partial charge in [0.15, 0.2) is 0 Å². The number of aliphatic hydroxyl groups is 1. The standard InChI is InChI=1S/C12H16F3NO/c1-9(2)16(7-8-17)11-6-4-3-5-10(11)12(13,14)15/h3-6,9,17H,7-8H2,1-2H3. The second kappa shape index (κ2) is 5.40. The van der Waals surface area contributed by atoms with Crippen molar-refractivity contribution in [2.75, 3.05) is 18.1 Å². The van der Waals surface area contributed by atoms with Crippen LogP contribution in [0.15, 0.2) is 24.3 Å². The van der Waals surface area contributed by atoms with Gasteiger partial charge in [-0.2, -0.15) is 13.2 Å². The Morgan fingerprint density at radius 3 is 2.29 bits per heavy atom. The number of hydrogen-bond donors (Lipinski definition) is 1. The highest BCUT2D eigenvalue weighted by Gasteiger charge is 2.34. The summed E-state index contributed by atoms with van der Waals surface area (Å²) in [5.41, 5.74) is -0.550. The SMILES string of the molecule is CC(C)N(CCO)c1ccccc1C(F)(F)F. The summed E-state index contributed by atoms with van der Waals surface area (Å²) in [6, 6.07) is 5.31. The zero-order chi connectivity index (χ0) is 13.1. The summed E-state index contributed by atoms with van der Waals surface area (Å²) < 4.78 is 38.5. The first-order valence-electron chi connectivity index (χ1n) is 5.41. The van der Waals surface area contributed by atoms with Gasteiger partial charge < -0.3 is 10.0 Å². The average molecular weight is 247 g/mol. The molecule has 0 saturated heterocycles. The summed E-state index contributed by atoms with van der Waals surface area (Å²) in [6.07, 6.45) is -4.38. The monoisotopic (exact) mass is 247 g/mol. The molecule has 0 atom stereocenters. The topological polar surface area (TPSA) is 23.5 Å². The predicted octanol–water partition coefficient (Wildman–Crippen LogP) is 2.91. The molecule has 1 aromatic rings. The lowest BCUT2D eigenvalue weighted by Crippen LogP contribution is -2.35. The Balaban J connectivity index is 3.19. The maximum absolute atomic E-state index is 12.8. The molecule has 0 aromatic heterocycles. The summed E-state index contributed by atoms with van der Waals surface area (Å²) in [5.74, 6) is 0. The van der Waals surface area contributed by atoms with E-state index < -0.39 is 11.7 Å². The number of nitrogens with zero attached hydrogens (tertiary/aromatic N) is 1. The maximum atomic E-state index is 12.8. The molecule has 96 valence electrons. The van der Waals surface area contributed by atoms with Crippen LogP contribution in [0.25, 0.3) is 0 Å². The molecule has 0 radical (unpaired) electrons. The van der Waals surface area contributed by atoms with E-state index in [1.807, 2.05) is 0 Å². The van der Waals surface area contributed by atoms with Crippen molar-refractivity contribution in [3.8, 4) is 0 Å². The highest BCUT2D eigenvalue weighted by molar-refractivity contribution is 5.55. The van der Waals surface area contributed by atoms with Gasteiger partial charge in [-0.05, 0) is 26.0 Å². The number of benzene rings is 1. The van der Waals surface area contributed by atoms with Crippen molar-refractivity contribution in [1.82, 2.24) is 0 Å². The van der Waals surface area contributed by atoms with Crippen LogP contribution >= 0.6 is 0 Å². The van der Waals surface area contributed by atoms with E-state index in [9.17, 15) is 13.2 Å². The Kier molecular flexibility index (Phi) is 4.40. The predicted molar refractivity (Wildman–Crippen MR) is 61.0 cm³/mol. The lowest BCUT2D eigenvalue weighted by molar-refractivity contribution is -0.137. The first-order chi connectivity index (χ1) is 7.88. The number of hydrogen-bond acceptors (Lipinski definition) is 2. The van der Waals surface area contributed by atoms with E-state index in [0.717, 1.165) is 6.07 Å². The number of anilines is 1. The van der Waals surface area contributed by atoms with Gasteiger partial charge in [-0.1, -0.05) is 12.1 Å². The largest absolute Gasteiger partial charge is 0.418 e. The van der Waals surface area contributed by atoms with Gasteiger partial charge in [-0.25, -0.2) is 0 Å². The molecule has 1 N–H and O–H groups in total. The smallest absolute Gasteiger partial charge is 0.395 e. The summed E-state index contributed by atoms with van der Waals surface area (Å²) in [5, 5.41) is 8.92. The minimum Gasteiger partial charge on any atom is -0.395 e. The van der Waals surface area contributed by atoms with Crippen molar-refractivity contribution in [2.45, 2.75) is 26.1 Å². The molecule has 0 aliphatic heterocycles. The molecule has 2 nitrogen and oxygen atoms in total. The van der Waals surface area contributed by atoms with E-state index in [4.69, 9.17) is 5.11 Å². The molecule has 0 heterocycles. The van der Waals surface area contributed by atoms with Crippen LogP contribution in [-0.4, -0.2) is 24.3 Å². The number of para-hydroxylation sites is 1. The van der Waals surface area contributed by atoms with E-state index in [1.165, 1.54) is 12.1 Å². The second-order valence-corrected chi connectivity index (χ2v) is 4.03. The zero-order valence-corrected chi connectivity index (χ0v) is 9.83. The van der Waals surface area contributed by atoms with Crippen LogP contribution in [0.2, 0.25) is 0 Å². The fourth-order valence-electron chi connectivity index (χ4n) is 1.73. The highest BCUT2D eigenvalue weighted by Crippen LogP contribution is 2.36. The zero-order valence-electron chi connectivity index (χ0n) is 9.83. The molecule has 0 spiro atoms. The second-order valence-electron chi connectivity index (χ2n) is 4.03. The number of aliphatic hydroxyl groups excluding tert-OH is 1. The number of alkyl halides is 3. The van der Waals surface area contributed by atoms with Gasteiger partial charge in [-0.15, -0.1) is 0 Å². The molecule has 0 aliphatic carbocycles. The van der Waals surface area contributed by atoms with Crippen LogP contribution in [0.1, 0.15) is 19.4 Å². The molecule has 0 unspecified atom stereocenters. The molecular weight excluding hydrogens is 231 g/mol. The van der Waals surface area contributed by atoms with Gasteiger partial charge in [0.05, 0.1) is 12.2 Å². The van der Waals surface area contributed by atoms with Crippen molar-refractivity contribution in [2.24, 2.45) is 0 Å². The number of rotatable bonds is 4. The summed E-state index contributed by atoms with van der Waals surface area (Å²) >= 11 is 0. The van der Waals surface area contributed by atoms with E-state index >= 15 is 0 Å². The Bertz CT molecular complexity index is 363. The summed E-state index contributed by atoms with van der Waals surface area (Å²) in [6.45, 7) is 3.60. The van der Waals surface area contributed by atoms with Gasteiger partial charge in [0.25, 0.3) is 0 Å². The van der Waals surface area contributed by atoms with Crippen molar-refractivity contribution >= 4 is 5.69 Å². The van der Waals surface area contributed by atoms with E-state index in [-0.39, 0.29) is 24.9 Å². The van der Waals surface area contributed by atoms with Crippen LogP contribution in [0.4, 0.5) is 18.9 Å². The van der Waals surface area contributed by atoms with Crippen molar-refractivity contribution in [3.05, 3.63) is 29.8 Å². The minimum atomic E-state index is -4.38. The molecule has 17 heavy (non-hydrogen) atoms. The van der Waals surface area contributed by atoms with Gasteiger partial charge in [-0.3, -0.25) is 0 Å². The first kappa shape index (κ1) is 13.8. The van der Waals surface area contributed by atoms with Crippen LogP contribution in [0.3, 0.4) is 0 Å². The third-order valence-electron chi connectivity index (χ3n) is 2.48. The summed E-state index contributed by atoms with van der Waals surface area (Å²) in [7, 11) is 0. The molecule has 1 rings (SSSR count). The van der Waals surface area contributed by atoms with Crippen molar-refractivity contribution in [1.29, 1.82) is 0 Å².